The standard InChI is InChI=1S/C25H38N4O5/c1-15-9-10-20(17-7-6-8-19(30)12-17)29(14-15)23(32)22(31)27-18-11-16(2)21(26-13-18)28-24(33)34-25(3,4)5/h11,13,15,17,19-20,30H,6-10,12,14H2,1-5H3,(H,27,31)(H,26,28,33)/t15-,17+,19+,20+/m1/s1. The van der Waals surface area contributed by atoms with Crippen molar-refractivity contribution < 1.29 is 24.2 Å². The van der Waals surface area contributed by atoms with Crippen molar-refractivity contribution in [3.05, 3.63) is 17.8 Å². The van der Waals surface area contributed by atoms with Crippen LogP contribution in [0.5, 0.6) is 0 Å². The molecule has 0 bridgehead atoms. The SMILES string of the molecule is Cc1cc(NC(=O)C(=O)N2C[C@H](C)CC[C@H]2[C@H]2CCC[C@H](O)C2)cnc1NC(=O)OC(C)(C)C. The summed E-state index contributed by atoms with van der Waals surface area (Å²) in [5.74, 6) is -0.396. The lowest BCUT2D eigenvalue weighted by molar-refractivity contribution is -0.148. The Bertz CT molecular complexity index is 913. The highest BCUT2D eigenvalue weighted by molar-refractivity contribution is 6.39. The molecule has 0 spiro atoms. The lowest BCUT2D eigenvalue weighted by Gasteiger charge is -2.44. The van der Waals surface area contributed by atoms with E-state index >= 15 is 0 Å². The zero-order chi connectivity index (χ0) is 25.0. The molecule has 1 saturated carbocycles. The first-order valence-electron chi connectivity index (χ1n) is 12.2. The molecule has 9 nitrogen and oxygen atoms in total. The molecule has 0 unspecified atom stereocenters. The highest BCUT2D eigenvalue weighted by Gasteiger charge is 2.39. The number of aromatic nitrogens is 1. The van der Waals surface area contributed by atoms with Gasteiger partial charge in [0.15, 0.2) is 0 Å². The molecule has 34 heavy (non-hydrogen) atoms. The number of rotatable bonds is 3. The van der Waals surface area contributed by atoms with E-state index in [2.05, 4.69) is 22.5 Å². The van der Waals surface area contributed by atoms with E-state index in [4.69, 9.17) is 4.74 Å². The third-order valence-electron chi connectivity index (χ3n) is 6.51. The summed E-state index contributed by atoms with van der Waals surface area (Å²) in [6.45, 7) is 9.69. The first-order valence-corrected chi connectivity index (χ1v) is 12.2. The van der Waals surface area contributed by atoms with Crippen LogP contribution in [0.1, 0.15) is 71.8 Å². The van der Waals surface area contributed by atoms with E-state index in [1.165, 1.54) is 6.20 Å². The fraction of sp³-hybridized carbons (Fsp3) is 0.680. The number of likely N-dealkylation sites (tertiary alicyclic amines) is 1. The number of hydrogen-bond acceptors (Lipinski definition) is 6. The number of nitrogens with one attached hydrogen (secondary N) is 2. The molecule has 9 heteroatoms. The number of piperidine rings is 1. The minimum Gasteiger partial charge on any atom is -0.444 e. The van der Waals surface area contributed by atoms with Gasteiger partial charge < -0.3 is 20.1 Å². The maximum absolute atomic E-state index is 13.2. The summed E-state index contributed by atoms with van der Waals surface area (Å²) < 4.78 is 5.24. The van der Waals surface area contributed by atoms with Crippen molar-refractivity contribution in [2.45, 2.75) is 90.9 Å². The maximum atomic E-state index is 13.2. The summed E-state index contributed by atoms with van der Waals surface area (Å²) in [5, 5.41) is 15.4. The zero-order valence-electron chi connectivity index (χ0n) is 20.9. The third kappa shape index (κ3) is 6.91. The summed E-state index contributed by atoms with van der Waals surface area (Å²) in [6.07, 6.45) is 5.72. The van der Waals surface area contributed by atoms with Crippen LogP contribution in [0.15, 0.2) is 12.3 Å². The largest absolute Gasteiger partial charge is 0.444 e. The Morgan fingerprint density at radius 3 is 2.53 bits per heavy atom. The van der Waals surface area contributed by atoms with Gasteiger partial charge in [-0.05, 0) is 83.3 Å². The Morgan fingerprint density at radius 1 is 1.15 bits per heavy atom. The summed E-state index contributed by atoms with van der Waals surface area (Å²) in [4.78, 5) is 44.0. The van der Waals surface area contributed by atoms with Crippen molar-refractivity contribution in [3.8, 4) is 0 Å². The average molecular weight is 475 g/mol. The van der Waals surface area contributed by atoms with Gasteiger partial charge >= 0.3 is 17.9 Å². The normalized spacial score (nSPS) is 25.4. The highest BCUT2D eigenvalue weighted by Crippen LogP contribution is 2.35. The molecule has 1 aliphatic carbocycles. The fourth-order valence-corrected chi connectivity index (χ4v) is 4.94. The van der Waals surface area contributed by atoms with Crippen molar-refractivity contribution in [2.75, 3.05) is 17.2 Å². The first kappa shape index (κ1) is 25.9. The number of carbonyl (C=O) groups excluding carboxylic acids is 3. The van der Waals surface area contributed by atoms with E-state index in [-0.39, 0.29) is 18.1 Å². The molecule has 188 valence electrons. The molecular weight excluding hydrogens is 436 g/mol. The van der Waals surface area contributed by atoms with Crippen molar-refractivity contribution in [3.63, 3.8) is 0 Å². The van der Waals surface area contributed by atoms with Crippen LogP contribution in [0.25, 0.3) is 0 Å². The number of carbonyl (C=O) groups is 3. The van der Waals surface area contributed by atoms with Crippen LogP contribution in [-0.2, 0) is 14.3 Å². The summed E-state index contributed by atoms with van der Waals surface area (Å²) in [5.41, 5.74) is 0.364. The van der Waals surface area contributed by atoms with Crippen molar-refractivity contribution in [1.29, 1.82) is 0 Å². The Labute approximate surface area is 201 Å². The minimum atomic E-state index is -0.704. The van der Waals surface area contributed by atoms with Gasteiger partial charge in [0, 0.05) is 12.6 Å². The smallest absolute Gasteiger partial charge is 0.413 e. The van der Waals surface area contributed by atoms with Crippen molar-refractivity contribution in [2.24, 2.45) is 11.8 Å². The van der Waals surface area contributed by atoms with Gasteiger partial charge in [0.2, 0.25) is 0 Å². The van der Waals surface area contributed by atoms with Crippen LogP contribution in [0.3, 0.4) is 0 Å². The number of anilines is 2. The van der Waals surface area contributed by atoms with Gasteiger partial charge in [-0.3, -0.25) is 14.9 Å². The predicted octanol–water partition coefficient (Wildman–Crippen LogP) is 3.85. The average Bonchev–Trinajstić information content (AvgIpc) is 2.73. The molecule has 2 fully saturated rings. The number of hydrogen-bond donors (Lipinski definition) is 3. The molecule has 2 aliphatic rings. The molecule has 1 aliphatic heterocycles. The molecular formula is C25H38N4O5. The van der Waals surface area contributed by atoms with Crippen LogP contribution in [0.2, 0.25) is 0 Å². The number of nitrogens with zero attached hydrogens (tertiary/aromatic N) is 2. The number of aliphatic hydroxyl groups excluding tert-OH is 1. The maximum Gasteiger partial charge on any atom is 0.413 e. The van der Waals surface area contributed by atoms with Gasteiger partial charge in [-0.1, -0.05) is 13.3 Å². The van der Waals surface area contributed by atoms with Gasteiger partial charge in [-0.15, -0.1) is 0 Å². The molecule has 2 heterocycles. The van der Waals surface area contributed by atoms with Crippen LogP contribution in [0, 0.1) is 18.8 Å². The molecule has 0 aromatic carbocycles. The highest BCUT2D eigenvalue weighted by atomic mass is 16.6. The molecule has 1 aromatic rings. The number of aryl methyl sites for hydroxylation is 1. The van der Waals surface area contributed by atoms with E-state index in [0.717, 1.165) is 32.1 Å². The van der Waals surface area contributed by atoms with Gasteiger partial charge in [0.05, 0.1) is 18.0 Å². The van der Waals surface area contributed by atoms with Crippen LogP contribution in [0.4, 0.5) is 16.3 Å². The second kappa shape index (κ2) is 10.7. The molecule has 1 saturated heterocycles. The van der Waals surface area contributed by atoms with E-state index < -0.39 is 23.5 Å². The summed E-state index contributed by atoms with van der Waals surface area (Å²) in [7, 11) is 0. The topological polar surface area (TPSA) is 121 Å². The van der Waals surface area contributed by atoms with Gasteiger partial charge in [-0.25, -0.2) is 9.78 Å². The second-order valence-corrected chi connectivity index (χ2v) is 10.8. The lowest BCUT2D eigenvalue weighted by atomic mass is 9.77. The Morgan fingerprint density at radius 2 is 1.88 bits per heavy atom. The molecule has 3 amide bonds. The van der Waals surface area contributed by atoms with Crippen molar-refractivity contribution >= 4 is 29.4 Å². The zero-order valence-corrected chi connectivity index (χ0v) is 20.9. The lowest BCUT2D eigenvalue weighted by Crippen LogP contribution is -2.53. The Kier molecular flexibility index (Phi) is 8.17. The van der Waals surface area contributed by atoms with E-state index in [0.29, 0.717) is 36.0 Å². The number of ether oxygens (including phenoxy) is 1. The van der Waals surface area contributed by atoms with E-state index in [1.807, 2.05) is 0 Å². The molecule has 3 N–H and O–H groups in total. The predicted molar refractivity (Wildman–Crippen MR) is 129 cm³/mol. The summed E-state index contributed by atoms with van der Waals surface area (Å²) >= 11 is 0. The monoisotopic (exact) mass is 474 g/mol. The molecule has 0 radical (unpaired) electrons. The molecule has 4 atom stereocenters. The number of aliphatic hydroxyl groups is 1. The minimum absolute atomic E-state index is 0.0235. The van der Waals surface area contributed by atoms with Gasteiger partial charge in [0.1, 0.15) is 11.4 Å². The van der Waals surface area contributed by atoms with Crippen LogP contribution < -0.4 is 10.6 Å². The molecule has 1 aromatic heterocycles. The van der Waals surface area contributed by atoms with Crippen LogP contribution in [-0.4, -0.2) is 57.2 Å². The third-order valence-corrected chi connectivity index (χ3v) is 6.51. The second-order valence-electron chi connectivity index (χ2n) is 10.8. The van der Waals surface area contributed by atoms with E-state index in [1.54, 1.807) is 38.7 Å². The van der Waals surface area contributed by atoms with E-state index in [9.17, 15) is 19.5 Å². The molecule has 3 rings (SSSR count). The number of pyridine rings is 1. The fourth-order valence-electron chi connectivity index (χ4n) is 4.94. The van der Waals surface area contributed by atoms with Gasteiger partial charge in [-0.2, -0.15) is 0 Å². The van der Waals surface area contributed by atoms with Crippen molar-refractivity contribution in [1.82, 2.24) is 9.88 Å². The van der Waals surface area contributed by atoms with Crippen LogP contribution >= 0.6 is 0 Å². The van der Waals surface area contributed by atoms with Gasteiger partial charge in [0.25, 0.3) is 0 Å². The quantitative estimate of drug-likeness (QED) is 0.572. The Hall–Kier alpha value is -2.68. The number of amides is 3. The summed E-state index contributed by atoms with van der Waals surface area (Å²) in [6, 6.07) is 1.63. The Balaban J connectivity index is 1.66. The first-order chi connectivity index (χ1) is 15.9.